The fourth-order valence-electron chi connectivity index (χ4n) is 3.75. The normalized spacial score (nSPS) is 11.3. The number of carbonyl (C=O) groups excluding carboxylic acids is 2. The van der Waals surface area contributed by atoms with Gasteiger partial charge in [-0.1, -0.05) is 36.4 Å². The molecule has 0 saturated heterocycles. The van der Waals surface area contributed by atoms with E-state index >= 15 is 0 Å². The number of ether oxygens (including phenoxy) is 1. The number of carboxylic acids is 2. The summed E-state index contributed by atoms with van der Waals surface area (Å²) in [5.41, 5.74) is 1.69. The minimum absolute atomic E-state index is 0.00133. The molecule has 0 unspecified atom stereocenters. The van der Waals surface area contributed by atoms with E-state index in [1.807, 2.05) is 30.3 Å². The van der Waals surface area contributed by atoms with Crippen LogP contribution in [0, 0.1) is 0 Å². The molecule has 4 N–H and O–H groups in total. The number of aryl methyl sites for hydroxylation is 1. The maximum atomic E-state index is 13.1. The van der Waals surface area contributed by atoms with E-state index in [1.54, 1.807) is 12.1 Å². The Balaban J connectivity index is 1.69. The number of carbonyl (C=O) groups is 4. The first-order valence-corrected chi connectivity index (χ1v) is 12.1. The van der Waals surface area contributed by atoms with Crippen LogP contribution in [0.3, 0.4) is 0 Å². The summed E-state index contributed by atoms with van der Waals surface area (Å²) in [6.45, 7) is -0.288. The summed E-state index contributed by atoms with van der Waals surface area (Å²) in [5.74, 6) is -3.58. The highest BCUT2D eigenvalue weighted by Gasteiger charge is 2.23. The van der Waals surface area contributed by atoms with Crippen molar-refractivity contribution in [2.24, 2.45) is 0 Å². The monoisotopic (exact) mass is 519 g/mol. The number of nitrogens with one attached hydrogen (secondary N) is 2. The molecular formula is C28H29N3O7. The lowest BCUT2D eigenvalue weighted by Crippen LogP contribution is -2.48. The van der Waals surface area contributed by atoms with Crippen molar-refractivity contribution in [1.29, 1.82) is 0 Å². The van der Waals surface area contributed by atoms with Crippen molar-refractivity contribution in [1.82, 2.24) is 15.6 Å². The van der Waals surface area contributed by atoms with Crippen molar-refractivity contribution >= 4 is 23.8 Å². The molecule has 3 aromatic rings. The summed E-state index contributed by atoms with van der Waals surface area (Å²) in [4.78, 5) is 52.3. The third kappa shape index (κ3) is 8.74. The van der Waals surface area contributed by atoms with Gasteiger partial charge in [0.05, 0.1) is 5.56 Å². The number of hydrogen-bond acceptors (Lipinski definition) is 6. The Labute approximate surface area is 219 Å². The van der Waals surface area contributed by atoms with Gasteiger partial charge in [-0.25, -0.2) is 9.59 Å². The van der Waals surface area contributed by atoms with Gasteiger partial charge in [-0.2, -0.15) is 0 Å². The minimum atomic E-state index is -1.31. The molecule has 0 aliphatic carbocycles. The van der Waals surface area contributed by atoms with E-state index in [9.17, 15) is 24.3 Å². The van der Waals surface area contributed by atoms with Crippen LogP contribution in [0.25, 0.3) is 0 Å². The predicted octanol–water partition coefficient (Wildman–Crippen LogP) is 2.72. The van der Waals surface area contributed by atoms with Crippen LogP contribution in [-0.2, 0) is 22.4 Å². The Kier molecular flexibility index (Phi) is 10.3. The van der Waals surface area contributed by atoms with Crippen LogP contribution >= 0.6 is 0 Å². The molecule has 0 radical (unpaired) electrons. The lowest BCUT2D eigenvalue weighted by atomic mass is 10.0. The van der Waals surface area contributed by atoms with Crippen molar-refractivity contribution in [3.63, 3.8) is 0 Å². The number of pyridine rings is 1. The standard InChI is InChI=1S/C28H29N3O7/c32-25(33)18-38-24-12-11-20(15-22(24)28(36)37)16-23(31-26(34)21-10-6-13-29-17-21)27(35)30-14-5-4-9-19-7-2-1-3-8-19/h1-3,6-8,10-13,15,17,23H,4-5,9,14,16,18H2,(H,30,35)(H,31,34)(H,32,33)(H,36,37)/t23-/m0/s1. The van der Waals surface area contributed by atoms with Crippen LogP contribution in [-0.4, -0.2) is 58.1 Å². The maximum Gasteiger partial charge on any atom is 0.341 e. The second kappa shape index (κ2) is 14.1. The number of hydrogen-bond donors (Lipinski definition) is 4. The Bertz CT molecular complexity index is 1250. The van der Waals surface area contributed by atoms with Gasteiger partial charge in [0.25, 0.3) is 5.91 Å². The molecule has 2 aromatic carbocycles. The number of aliphatic carboxylic acids is 1. The zero-order chi connectivity index (χ0) is 27.3. The molecule has 0 aliphatic rings. The van der Waals surface area contributed by atoms with Crippen LogP contribution in [0.5, 0.6) is 5.75 Å². The number of aromatic nitrogens is 1. The van der Waals surface area contributed by atoms with E-state index in [0.29, 0.717) is 12.1 Å². The van der Waals surface area contributed by atoms with Gasteiger partial charge in [-0.05, 0) is 54.7 Å². The number of rotatable bonds is 14. The van der Waals surface area contributed by atoms with Crippen LogP contribution in [0.2, 0.25) is 0 Å². The SMILES string of the molecule is O=C(O)COc1ccc(C[C@H](NC(=O)c2cccnc2)C(=O)NCCCCc2ccccc2)cc1C(=O)O. The zero-order valence-corrected chi connectivity index (χ0v) is 20.6. The van der Waals surface area contributed by atoms with E-state index < -0.39 is 36.4 Å². The average Bonchev–Trinajstić information content (AvgIpc) is 2.92. The number of aromatic carboxylic acids is 1. The van der Waals surface area contributed by atoms with Crippen molar-refractivity contribution in [2.75, 3.05) is 13.2 Å². The molecule has 1 aromatic heterocycles. The van der Waals surface area contributed by atoms with E-state index in [0.717, 1.165) is 19.3 Å². The van der Waals surface area contributed by atoms with Crippen LogP contribution in [0.1, 0.15) is 44.7 Å². The van der Waals surface area contributed by atoms with Crippen LogP contribution in [0.4, 0.5) is 0 Å². The first-order valence-electron chi connectivity index (χ1n) is 12.1. The Hall–Kier alpha value is -4.73. The fourth-order valence-corrected chi connectivity index (χ4v) is 3.75. The molecule has 1 atom stereocenters. The summed E-state index contributed by atoms with van der Waals surface area (Å²) >= 11 is 0. The van der Waals surface area contributed by atoms with Gasteiger partial charge in [0.2, 0.25) is 5.91 Å². The molecule has 1 heterocycles. The quantitative estimate of drug-likeness (QED) is 0.237. The second-order valence-electron chi connectivity index (χ2n) is 8.52. The first kappa shape index (κ1) is 27.9. The van der Waals surface area contributed by atoms with Gasteiger partial charge < -0.3 is 25.6 Å². The Morgan fingerprint density at radius 1 is 0.921 bits per heavy atom. The van der Waals surface area contributed by atoms with Gasteiger partial charge in [-0.15, -0.1) is 0 Å². The van der Waals surface area contributed by atoms with Gasteiger partial charge in [-0.3, -0.25) is 14.6 Å². The van der Waals surface area contributed by atoms with Gasteiger partial charge >= 0.3 is 11.9 Å². The molecule has 2 amide bonds. The summed E-state index contributed by atoms with van der Waals surface area (Å²) in [5, 5.41) is 23.9. The summed E-state index contributed by atoms with van der Waals surface area (Å²) < 4.78 is 5.06. The third-order valence-electron chi connectivity index (χ3n) is 5.65. The number of benzene rings is 2. The lowest BCUT2D eigenvalue weighted by Gasteiger charge is -2.19. The molecule has 38 heavy (non-hydrogen) atoms. The molecule has 10 heteroatoms. The molecule has 0 bridgehead atoms. The third-order valence-corrected chi connectivity index (χ3v) is 5.65. The molecule has 3 rings (SSSR count). The minimum Gasteiger partial charge on any atom is -0.481 e. The highest BCUT2D eigenvalue weighted by molar-refractivity contribution is 5.97. The molecule has 0 aliphatic heterocycles. The second-order valence-corrected chi connectivity index (χ2v) is 8.52. The van der Waals surface area contributed by atoms with Crippen molar-refractivity contribution in [3.8, 4) is 5.75 Å². The van der Waals surface area contributed by atoms with Crippen molar-refractivity contribution in [2.45, 2.75) is 31.7 Å². The topological polar surface area (TPSA) is 155 Å². The molecular weight excluding hydrogens is 490 g/mol. The fraction of sp³-hybridized carbons (Fsp3) is 0.250. The highest BCUT2D eigenvalue weighted by Crippen LogP contribution is 2.21. The maximum absolute atomic E-state index is 13.1. The van der Waals surface area contributed by atoms with E-state index in [2.05, 4.69) is 15.6 Å². The Morgan fingerprint density at radius 2 is 1.71 bits per heavy atom. The summed E-state index contributed by atoms with van der Waals surface area (Å²) in [7, 11) is 0. The predicted molar refractivity (Wildman–Crippen MR) is 138 cm³/mol. The van der Waals surface area contributed by atoms with Gasteiger partial charge in [0, 0.05) is 25.4 Å². The summed E-state index contributed by atoms with van der Waals surface area (Å²) in [6, 6.07) is 16.4. The Morgan fingerprint density at radius 3 is 2.39 bits per heavy atom. The molecule has 0 saturated carbocycles. The van der Waals surface area contributed by atoms with Crippen LogP contribution < -0.4 is 15.4 Å². The number of carboxylic acid groups (broad SMARTS) is 2. The molecule has 0 fully saturated rings. The smallest absolute Gasteiger partial charge is 0.341 e. The van der Waals surface area contributed by atoms with Crippen molar-refractivity contribution < 1.29 is 34.1 Å². The van der Waals surface area contributed by atoms with E-state index in [1.165, 1.54) is 36.2 Å². The molecule has 10 nitrogen and oxygen atoms in total. The molecule has 198 valence electrons. The number of unbranched alkanes of at least 4 members (excludes halogenated alkanes) is 1. The highest BCUT2D eigenvalue weighted by atomic mass is 16.5. The summed E-state index contributed by atoms with van der Waals surface area (Å²) in [6.07, 6.45) is 5.40. The zero-order valence-electron chi connectivity index (χ0n) is 20.6. The average molecular weight is 520 g/mol. The lowest BCUT2D eigenvalue weighted by molar-refractivity contribution is -0.139. The molecule has 0 spiro atoms. The largest absolute Gasteiger partial charge is 0.481 e. The number of nitrogens with zero attached hydrogens (tertiary/aromatic N) is 1. The van der Waals surface area contributed by atoms with E-state index in [-0.39, 0.29) is 23.3 Å². The van der Waals surface area contributed by atoms with E-state index in [4.69, 9.17) is 9.84 Å². The number of amides is 2. The van der Waals surface area contributed by atoms with Gasteiger partial charge in [0.15, 0.2) is 6.61 Å². The first-order chi connectivity index (χ1) is 18.3. The van der Waals surface area contributed by atoms with Crippen LogP contribution in [0.15, 0.2) is 73.1 Å². The van der Waals surface area contributed by atoms with Crippen molar-refractivity contribution in [3.05, 3.63) is 95.3 Å². The van der Waals surface area contributed by atoms with Gasteiger partial charge in [0.1, 0.15) is 17.4 Å².